The van der Waals surface area contributed by atoms with Crippen LogP contribution in [0.25, 0.3) is 16.5 Å². The highest BCUT2D eigenvalue weighted by Crippen LogP contribution is 2.26. The van der Waals surface area contributed by atoms with Crippen LogP contribution in [0.15, 0.2) is 69.8 Å². The molecule has 0 fully saturated rings. The van der Waals surface area contributed by atoms with Crippen molar-refractivity contribution in [1.82, 2.24) is 4.57 Å². The second kappa shape index (κ2) is 8.78. The van der Waals surface area contributed by atoms with E-state index in [9.17, 15) is 22.4 Å². The third-order valence-corrected chi connectivity index (χ3v) is 8.47. The van der Waals surface area contributed by atoms with E-state index < -0.39 is 32.7 Å². The number of benzene rings is 2. The first kappa shape index (κ1) is 22.7. The van der Waals surface area contributed by atoms with Crippen molar-refractivity contribution in [1.29, 1.82) is 0 Å². The van der Waals surface area contributed by atoms with Crippen LogP contribution in [-0.2, 0) is 21.1 Å². The van der Waals surface area contributed by atoms with Gasteiger partial charge in [0.05, 0.1) is 10.0 Å². The van der Waals surface area contributed by atoms with Crippen molar-refractivity contribution in [3.8, 4) is 5.69 Å². The van der Waals surface area contributed by atoms with Gasteiger partial charge in [-0.3, -0.25) is 14.2 Å². The lowest BCUT2D eigenvalue weighted by atomic mass is 10.1. The number of halogens is 3. The molecule has 0 N–H and O–H groups in total. The van der Waals surface area contributed by atoms with Crippen LogP contribution in [0.3, 0.4) is 0 Å². The lowest BCUT2D eigenvalue weighted by Crippen LogP contribution is -2.19. The summed E-state index contributed by atoms with van der Waals surface area (Å²) >= 11 is 12.6. The van der Waals surface area contributed by atoms with E-state index in [0.29, 0.717) is 25.7 Å². The lowest BCUT2D eigenvalue weighted by molar-refractivity contribution is -0.116. The van der Waals surface area contributed by atoms with Crippen LogP contribution >= 0.6 is 34.5 Å². The fourth-order valence-electron chi connectivity index (χ4n) is 3.28. The Balaban J connectivity index is 1.58. The van der Waals surface area contributed by atoms with Crippen LogP contribution in [0.4, 0.5) is 4.39 Å². The van der Waals surface area contributed by atoms with Crippen molar-refractivity contribution in [2.24, 2.45) is 0 Å². The van der Waals surface area contributed by atoms with E-state index in [1.807, 2.05) is 0 Å². The fraction of sp³-hybridized carbons (Fsp3) is 0.0909. The Morgan fingerprint density at radius 2 is 1.81 bits per heavy atom. The van der Waals surface area contributed by atoms with Crippen LogP contribution in [0, 0.1) is 5.82 Å². The van der Waals surface area contributed by atoms with Gasteiger partial charge in [0.1, 0.15) is 15.8 Å². The second-order valence-electron chi connectivity index (χ2n) is 7.04. The Bertz CT molecular complexity index is 1530. The molecule has 0 saturated carbocycles. The van der Waals surface area contributed by atoms with Crippen molar-refractivity contribution in [3.63, 3.8) is 0 Å². The molecule has 0 unspecified atom stereocenters. The maximum absolute atomic E-state index is 14.8. The zero-order valence-electron chi connectivity index (χ0n) is 16.2. The number of fused-ring (bicyclic) bond motifs is 1. The molecule has 0 aliphatic rings. The molecule has 0 bridgehead atoms. The van der Waals surface area contributed by atoms with Gasteiger partial charge in [-0.25, -0.2) is 12.8 Å². The number of Topliss-reactive ketones (excluding diaryl/α,β-unsaturated/α-hetero) is 1. The molecule has 0 atom stereocenters. The van der Waals surface area contributed by atoms with Gasteiger partial charge in [-0.2, -0.15) is 0 Å². The SMILES string of the molecule is O=C(Cc1ccc(-n2ccc3ccc(Cl)cc3c2=O)c(F)c1)CS(=O)(=O)c1ccc(Cl)s1. The monoisotopic (exact) mass is 509 g/mol. The molecule has 4 aromatic rings. The number of aromatic nitrogens is 1. The predicted octanol–water partition coefficient (Wildman–Crippen LogP) is 5.08. The maximum Gasteiger partial charge on any atom is 0.263 e. The first-order chi connectivity index (χ1) is 15.1. The molecule has 2 aromatic carbocycles. The molecule has 5 nitrogen and oxygen atoms in total. The Kier molecular flexibility index (Phi) is 6.22. The second-order valence-corrected chi connectivity index (χ2v) is 11.4. The normalized spacial score (nSPS) is 11.7. The summed E-state index contributed by atoms with van der Waals surface area (Å²) in [6, 6.07) is 13.3. The zero-order valence-corrected chi connectivity index (χ0v) is 19.4. The summed E-state index contributed by atoms with van der Waals surface area (Å²) in [5.41, 5.74) is -0.130. The average molecular weight is 510 g/mol. The molecule has 4 rings (SSSR count). The first-order valence-electron chi connectivity index (χ1n) is 9.23. The minimum absolute atomic E-state index is 0.00756. The van der Waals surface area contributed by atoms with Crippen LogP contribution in [0.2, 0.25) is 9.36 Å². The van der Waals surface area contributed by atoms with Gasteiger partial charge in [-0.1, -0.05) is 35.3 Å². The molecule has 0 amide bonds. The number of nitrogens with zero attached hydrogens (tertiary/aromatic N) is 1. The van der Waals surface area contributed by atoms with Gasteiger partial charge in [-0.05, 0) is 53.4 Å². The van der Waals surface area contributed by atoms with E-state index in [2.05, 4.69) is 0 Å². The predicted molar refractivity (Wildman–Crippen MR) is 125 cm³/mol. The minimum atomic E-state index is -3.82. The summed E-state index contributed by atoms with van der Waals surface area (Å²) in [5, 5.41) is 1.41. The molecule has 2 heterocycles. The third kappa shape index (κ3) is 4.63. The van der Waals surface area contributed by atoms with Gasteiger partial charge in [0.2, 0.25) is 0 Å². The molecule has 0 aliphatic carbocycles. The number of hydrogen-bond acceptors (Lipinski definition) is 5. The van der Waals surface area contributed by atoms with E-state index in [-0.39, 0.29) is 16.3 Å². The van der Waals surface area contributed by atoms with Gasteiger partial charge >= 0.3 is 0 Å². The molecule has 0 spiro atoms. The minimum Gasteiger partial charge on any atom is -0.298 e. The molecule has 2 aromatic heterocycles. The maximum atomic E-state index is 14.8. The number of carbonyl (C=O) groups is 1. The van der Waals surface area contributed by atoms with Gasteiger partial charge in [-0.15, -0.1) is 11.3 Å². The number of thiophene rings is 1. The van der Waals surface area contributed by atoms with E-state index in [4.69, 9.17) is 23.2 Å². The standard InChI is InChI=1S/C22H14Cl2FNO4S2/c23-15-3-2-14-7-8-26(22(28)17(14)11-15)19-4-1-13(10-18(19)25)9-16(27)12-32(29,30)21-6-5-20(24)31-21/h1-8,10-11H,9,12H2. The summed E-state index contributed by atoms with van der Waals surface area (Å²) in [6.45, 7) is 0. The Morgan fingerprint density at radius 1 is 1.03 bits per heavy atom. The number of hydrogen-bond donors (Lipinski definition) is 0. The zero-order chi connectivity index (χ0) is 23.0. The highest BCUT2D eigenvalue weighted by atomic mass is 35.5. The van der Waals surface area contributed by atoms with Crippen molar-refractivity contribution in [3.05, 3.63) is 91.9 Å². The molecule has 0 aliphatic heterocycles. The Labute approximate surface area is 196 Å². The Morgan fingerprint density at radius 3 is 2.50 bits per heavy atom. The lowest BCUT2D eigenvalue weighted by Gasteiger charge is -2.10. The largest absolute Gasteiger partial charge is 0.298 e. The number of carbonyl (C=O) groups excluding carboxylic acids is 1. The van der Waals surface area contributed by atoms with Gasteiger partial charge in [0.15, 0.2) is 15.6 Å². The summed E-state index contributed by atoms with van der Waals surface area (Å²) in [4.78, 5) is 25.1. The van der Waals surface area contributed by atoms with E-state index in [1.54, 1.807) is 18.2 Å². The van der Waals surface area contributed by atoms with Crippen LogP contribution in [0.5, 0.6) is 0 Å². The van der Waals surface area contributed by atoms with Crippen LogP contribution in [-0.4, -0.2) is 24.5 Å². The number of ketones is 1. The van der Waals surface area contributed by atoms with Gasteiger partial charge in [0.25, 0.3) is 5.56 Å². The summed E-state index contributed by atoms with van der Waals surface area (Å²) in [6.07, 6.45) is 1.19. The third-order valence-electron chi connectivity index (χ3n) is 4.75. The number of sulfone groups is 1. The van der Waals surface area contributed by atoms with E-state index in [0.717, 1.165) is 22.0 Å². The summed E-state index contributed by atoms with van der Waals surface area (Å²) in [5.74, 6) is -2.01. The van der Waals surface area contributed by atoms with Gasteiger partial charge in [0, 0.05) is 23.0 Å². The summed E-state index contributed by atoms with van der Waals surface area (Å²) in [7, 11) is -3.82. The number of rotatable bonds is 6. The molecule has 0 saturated heterocycles. The van der Waals surface area contributed by atoms with Crippen LogP contribution < -0.4 is 5.56 Å². The smallest absolute Gasteiger partial charge is 0.263 e. The summed E-state index contributed by atoms with van der Waals surface area (Å²) < 4.78 is 41.0. The van der Waals surface area contributed by atoms with Crippen molar-refractivity contribution in [2.45, 2.75) is 10.6 Å². The first-order valence-corrected chi connectivity index (χ1v) is 12.5. The molecular formula is C22H14Cl2FNO4S2. The van der Waals surface area contributed by atoms with Crippen molar-refractivity contribution in [2.75, 3.05) is 5.75 Å². The van der Waals surface area contributed by atoms with E-state index >= 15 is 0 Å². The number of pyridine rings is 1. The molecule has 10 heteroatoms. The molecular weight excluding hydrogens is 496 g/mol. The molecule has 0 radical (unpaired) electrons. The van der Waals surface area contributed by atoms with Gasteiger partial charge < -0.3 is 0 Å². The topological polar surface area (TPSA) is 73.2 Å². The molecule has 32 heavy (non-hydrogen) atoms. The quantitative estimate of drug-likeness (QED) is 0.363. The highest BCUT2D eigenvalue weighted by Gasteiger charge is 2.22. The highest BCUT2D eigenvalue weighted by molar-refractivity contribution is 7.94. The fourth-order valence-corrected chi connectivity index (χ4v) is 6.27. The van der Waals surface area contributed by atoms with E-state index in [1.165, 1.54) is 36.5 Å². The Hall–Kier alpha value is -2.52. The average Bonchev–Trinajstić information content (AvgIpc) is 3.16. The van der Waals surface area contributed by atoms with Crippen LogP contribution in [0.1, 0.15) is 5.56 Å². The molecule has 164 valence electrons. The van der Waals surface area contributed by atoms with Crippen molar-refractivity contribution >= 4 is 60.9 Å². The van der Waals surface area contributed by atoms with Crippen molar-refractivity contribution < 1.29 is 17.6 Å².